The molecular formula is C16H13FO4. The molecule has 0 heterocycles. The number of rotatable bonds is 3. The Morgan fingerprint density at radius 3 is 2.43 bits per heavy atom. The number of methoxy groups -OCH3 is 1. The summed E-state index contributed by atoms with van der Waals surface area (Å²) in [6.45, 7) is 1.62. The molecular weight excluding hydrogens is 275 g/mol. The molecule has 0 amide bonds. The average Bonchev–Trinajstić information content (AvgIpc) is 2.46. The lowest BCUT2D eigenvalue weighted by Gasteiger charge is -2.10. The van der Waals surface area contributed by atoms with Crippen LogP contribution in [0, 0.1) is 12.7 Å². The number of aromatic carboxylic acids is 1. The van der Waals surface area contributed by atoms with Gasteiger partial charge in [0.05, 0.1) is 18.2 Å². The number of hydrogen-bond acceptors (Lipinski definition) is 3. The Labute approximate surface area is 120 Å². The highest BCUT2D eigenvalue weighted by molar-refractivity contribution is 5.93. The molecule has 2 aromatic carbocycles. The first-order valence-corrected chi connectivity index (χ1v) is 6.17. The lowest BCUT2D eigenvalue weighted by Crippen LogP contribution is -2.03. The van der Waals surface area contributed by atoms with E-state index in [0.29, 0.717) is 11.1 Å². The maximum Gasteiger partial charge on any atom is 0.337 e. The highest BCUT2D eigenvalue weighted by Gasteiger charge is 2.15. The largest absolute Gasteiger partial charge is 0.478 e. The van der Waals surface area contributed by atoms with Crippen LogP contribution in [0.25, 0.3) is 11.1 Å². The first-order valence-electron chi connectivity index (χ1n) is 6.17. The third-order valence-electron chi connectivity index (χ3n) is 3.24. The van der Waals surface area contributed by atoms with Crippen LogP contribution in [0.1, 0.15) is 26.3 Å². The van der Waals surface area contributed by atoms with E-state index < -0.39 is 17.8 Å². The van der Waals surface area contributed by atoms with Gasteiger partial charge in [-0.05, 0) is 36.2 Å². The van der Waals surface area contributed by atoms with Gasteiger partial charge in [-0.15, -0.1) is 0 Å². The van der Waals surface area contributed by atoms with Crippen molar-refractivity contribution in [3.8, 4) is 11.1 Å². The number of hydrogen-bond donors (Lipinski definition) is 1. The molecule has 0 spiro atoms. The lowest BCUT2D eigenvalue weighted by molar-refractivity contribution is 0.0599. The van der Waals surface area contributed by atoms with E-state index in [1.165, 1.54) is 25.3 Å². The van der Waals surface area contributed by atoms with Gasteiger partial charge in [0, 0.05) is 5.56 Å². The van der Waals surface area contributed by atoms with Crippen molar-refractivity contribution < 1.29 is 23.8 Å². The molecule has 0 unspecified atom stereocenters. The molecule has 0 bridgehead atoms. The molecule has 0 radical (unpaired) electrons. The fourth-order valence-electron chi connectivity index (χ4n) is 2.14. The van der Waals surface area contributed by atoms with Crippen LogP contribution in [0.2, 0.25) is 0 Å². The van der Waals surface area contributed by atoms with Crippen molar-refractivity contribution in [3.63, 3.8) is 0 Å². The standard InChI is InChI=1S/C16H13FO4/c1-9-11(4-3-5-12(9)15(18)19)13-7-6-10(8-14(13)17)16(20)21-2/h3-8H,1-2H3,(H,18,19). The van der Waals surface area contributed by atoms with Crippen molar-refractivity contribution in [2.75, 3.05) is 7.11 Å². The van der Waals surface area contributed by atoms with E-state index in [4.69, 9.17) is 5.11 Å². The summed E-state index contributed by atoms with van der Waals surface area (Å²) >= 11 is 0. The highest BCUT2D eigenvalue weighted by atomic mass is 19.1. The summed E-state index contributed by atoms with van der Waals surface area (Å²) in [5.74, 6) is -2.30. The molecule has 21 heavy (non-hydrogen) atoms. The molecule has 108 valence electrons. The Morgan fingerprint density at radius 2 is 1.86 bits per heavy atom. The van der Waals surface area contributed by atoms with Gasteiger partial charge in [0.25, 0.3) is 0 Å². The second kappa shape index (κ2) is 5.75. The smallest absolute Gasteiger partial charge is 0.337 e. The summed E-state index contributed by atoms with van der Waals surface area (Å²) in [6, 6.07) is 8.61. The summed E-state index contributed by atoms with van der Waals surface area (Å²) in [4.78, 5) is 22.5. The minimum atomic E-state index is -1.07. The molecule has 0 atom stereocenters. The van der Waals surface area contributed by atoms with E-state index in [1.807, 2.05) is 0 Å². The van der Waals surface area contributed by atoms with Crippen molar-refractivity contribution in [1.29, 1.82) is 0 Å². The van der Waals surface area contributed by atoms with Gasteiger partial charge in [0.15, 0.2) is 0 Å². The zero-order valence-corrected chi connectivity index (χ0v) is 11.5. The summed E-state index contributed by atoms with van der Waals surface area (Å²) in [6.07, 6.45) is 0. The first-order chi connectivity index (χ1) is 9.95. The van der Waals surface area contributed by atoms with Crippen LogP contribution >= 0.6 is 0 Å². The number of carbonyl (C=O) groups excluding carboxylic acids is 1. The minimum absolute atomic E-state index is 0.103. The molecule has 0 aliphatic heterocycles. The maximum absolute atomic E-state index is 14.2. The van der Waals surface area contributed by atoms with E-state index in [1.54, 1.807) is 19.1 Å². The summed E-state index contributed by atoms with van der Waals surface area (Å²) in [7, 11) is 1.22. The third kappa shape index (κ3) is 2.76. The van der Waals surface area contributed by atoms with Crippen molar-refractivity contribution in [1.82, 2.24) is 0 Å². The fourth-order valence-corrected chi connectivity index (χ4v) is 2.14. The number of ether oxygens (including phenoxy) is 1. The third-order valence-corrected chi connectivity index (χ3v) is 3.24. The van der Waals surface area contributed by atoms with E-state index in [9.17, 15) is 14.0 Å². The monoisotopic (exact) mass is 288 g/mol. The Hall–Kier alpha value is -2.69. The fraction of sp³-hybridized carbons (Fsp3) is 0.125. The number of esters is 1. The van der Waals surface area contributed by atoms with Crippen LogP contribution in [0.3, 0.4) is 0 Å². The Morgan fingerprint density at radius 1 is 1.14 bits per heavy atom. The molecule has 0 aromatic heterocycles. The van der Waals surface area contributed by atoms with Gasteiger partial charge in [-0.25, -0.2) is 14.0 Å². The molecule has 4 nitrogen and oxygen atoms in total. The number of benzene rings is 2. The van der Waals surface area contributed by atoms with Crippen LogP contribution in [-0.2, 0) is 4.74 Å². The number of carboxylic acid groups (broad SMARTS) is 1. The molecule has 0 fully saturated rings. The van der Waals surface area contributed by atoms with Crippen LogP contribution in [-0.4, -0.2) is 24.2 Å². The van der Waals surface area contributed by atoms with Crippen molar-refractivity contribution in [2.24, 2.45) is 0 Å². The van der Waals surface area contributed by atoms with Crippen LogP contribution in [0.15, 0.2) is 36.4 Å². The van der Waals surface area contributed by atoms with Crippen LogP contribution in [0.4, 0.5) is 4.39 Å². The van der Waals surface area contributed by atoms with E-state index in [2.05, 4.69) is 4.74 Å². The zero-order valence-electron chi connectivity index (χ0n) is 11.5. The van der Waals surface area contributed by atoms with Crippen molar-refractivity contribution >= 4 is 11.9 Å². The molecule has 2 aromatic rings. The summed E-state index contributed by atoms with van der Waals surface area (Å²) in [5.41, 5.74) is 1.40. The molecule has 2 rings (SSSR count). The second-order valence-electron chi connectivity index (χ2n) is 4.47. The Kier molecular flexibility index (Phi) is 4.03. The molecule has 0 saturated carbocycles. The minimum Gasteiger partial charge on any atom is -0.478 e. The van der Waals surface area contributed by atoms with Gasteiger partial charge >= 0.3 is 11.9 Å². The van der Waals surface area contributed by atoms with Crippen molar-refractivity contribution in [2.45, 2.75) is 6.92 Å². The molecule has 0 aliphatic rings. The SMILES string of the molecule is COC(=O)c1ccc(-c2cccc(C(=O)O)c2C)c(F)c1. The van der Waals surface area contributed by atoms with Gasteiger partial charge in [-0.3, -0.25) is 0 Å². The number of carboxylic acids is 1. The quantitative estimate of drug-likeness (QED) is 0.880. The number of carbonyl (C=O) groups is 2. The Balaban J connectivity index is 2.55. The van der Waals surface area contributed by atoms with E-state index in [0.717, 1.165) is 6.07 Å². The van der Waals surface area contributed by atoms with Gasteiger partial charge < -0.3 is 9.84 Å². The summed E-state index contributed by atoms with van der Waals surface area (Å²) < 4.78 is 18.7. The Bertz CT molecular complexity index is 722. The zero-order chi connectivity index (χ0) is 15.6. The van der Waals surface area contributed by atoms with E-state index >= 15 is 0 Å². The van der Waals surface area contributed by atoms with Gasteiger partial charge in [-0.2, -0.15) is 0 Å². The second-order valence-corrected chi connectivity index (χ2v) is 4.47. The van der Waals surface area contributed by atoms with Crippen LogP contribution in [0.5, 0.6) is 0 Å². The van der Waals surface area contributed by atoms with Gasteiger partial charge in [-0.1, -0.05) is 18.2 Å². The maximum atomic E-state index is 14.2. The topological polar surface area (TPSA) is 63.6 Å². The first kappa shape index (κ1) is 14.7. The predicted octanol–water partition coefficient (Wildman–Crippen LogP) is 3.29. The number of halogens is 1. The predicted molar refractivity (Wildman–Crippen MR) is 74.9 cm³/mol. The van der Waals surface area contributed by atoms with E-state index in [-0.39, 0.29) is 16.7 Å². The molecule has 5 heteroatoms. The normalized spacial score (nSPS) is 10.2. The van der Waals surface area contributed by atoms with Crippen LogP contribution < -0.4 is 0 Å². The van der Waals surface area contributed by atoms with Gasteiger partial charge in [0.2, 0.25) is 0 Å². The van der Waals surface area contributed by atoms with Crippen molar-refractivity contribution in [3.05, 3.63) is 58.9 Å². The summed E-state index contributed by atoms with van der Waals surface area (Å²) in [5, 5.41) is 9.10. The molecule has 0 aliphatic carbocycles. The average molecular weight is 288 g/mol. The lowest BCUT2D eigenvalue weighted by atomic mass is 9.95. The molecule has 0 saturated heterocycles. The highest BCUT2D eigenvalue weighted by Crippen LogP contribution is 2.28. The van der Waals surface area contributed by atoms with Gasteiger partial charge in [0.1, 0.15) is 5.82 Å². The molecule has 1 N–H and O–H groups in total.